The summed E-state index contributed by atoms with van der Waals surface area (Å²) in [6.07, 6.45) is -4.80. The molecule has 0 fully saturated rings. The van der Waals surface area contributed by atoms with Crippen LogP contribution in [0.25, 0.3) is 11.0 Å². The molecule has 1 amide bonds. The molecular formula is C11H11F3N4O. The minimum Gasteiger partial charge on any atom is -0.399 e. The first-order valence-electron chi connectivity index (χ1n) is 5.40. The van der Waals surface area contributed by atoms with Crippen molar-refractivity contribution in [3.8, 4) is 0 Å². The number of aryl methyl sites for hydroxylation is 1. The first-order valence-corrected chi connectivity index (χ1v) is 5.40. The van der Waals surface area contributed by atoms with Crippen LogP contribution >= 0.6 is 0 Å². The summed E-state index contributed by atoms with van der Waals surface area (Å²) in [5, 5.41) is 0. The molecule has 1 aromatic carbocycles. The predicted octanol–water partition coefficient (Wildman–Crippen LogP) is 1.51. The Labute approximate surface area is 106 Å². The Kier molecular flexibility index (Phi) is 3.09. The third-order valence-electron chi connectivity index (χ3n) is 2.61. The number of hydrogen-bond donors (Lipinski definition) is 2. The zero-order valence-corrected chi connectivity index (χ0v) is 9.74. The predicted molar refractivity (Wildman–Crippen MR) is 63.0 cm³/mol. The van der Waals surface area contributed by atoms with E-state index in [1.807, 2.05) is 0 Å². The highest BCUT2D eigenvalue weighted by molar-refractivity contribution is 5.80. The molecule has 0 saturated heterocycles. The van der Waals surface area contributed by atoms with Gasteiger partial charge >= 0.3 is 6.18 Å². The van der Waals surface area contributed by atoms with Crippen LogP contribution in [0.15, 0.2) is 18.2 Å². The normalized spacial score (nSPS) is 11.9. The van der Waals surface area contributed by atoms with Gasteiger partial charge in [-0.1, -0.05) is 0 Å². The highest BCUT2D eigenvalue weighted by Gasteiger charge is 2.37. The Morgan fingerprint density at radius 3 is 2.63 bits per heavy atom. The van der Waals surface area contributed by atoms with Gasteiger partial charge in [0.15, 0.2) is 0 Å². The number of amides is 1. The van der Waals surface area contributed by atoms with Gasteiger partial charge in [0, 0.05) is 18.7 Å². The summed E-state index contributed by atoms with van der Waals surface area (Å²) in [4.78, 5) is 14.3. The van der Waals surface area contributed by atoms with Crippen molar-refractivity contribution in [2.45, 2.75) is 19.1 Å². The van der Waals surface area contributed by atoms with E-state index in [0.29, 0.717) is 5.69 Å². The number of carbonyl (C=O) groups is 1. The van der Waals surface area contributed by atoms with Gasteiger partial charge in [0.25, 0.3) is 0 Å². The molecule has 0 aliphatic heterocycles. The summed E-state index contributed by atoms with van der Waals surface area (Å²) in [5.41, 5.74) is 11.2. The SMILES string of the molecule is NC(=O)CCn1c(C(F)(F)F)nc2cc(N)ccc21. The largest absolute Gasteiger partial charge is 0.449 e. The summed E-state index contributed by atoms with van der Waals surface area (Å²) < 4.78 is 39.6. The Morgan fingerprint density at radius 2 is 2.05 bits per heavy atom. The lowest BCUT2D eigenvalue weighted by molar-refractivity contribution is -0.147. The number of primary amides is 1. The van der Waals surface area contributed by atoms with E-state index in [1.54, 1.807) is 0 Å². The number of alkyl halides is 3. The third kappa shape index (κ3) is 2.61. The topological polar surface area (TPSA) is 86.9 Å². The van der Waals surface area contributed by atoms with Crippen molar-refractivity contribution in [1.29, 1.82) is 0 Å². The molecule has 0 saturated carbocycles. The maximum absolute atomic E-state index is 12.9. The van der Waals surface area contributed by atoms with Crippen molar-refractivity contribution in [2.24, 2.45) is 5.73 Å². The molecule has 2 aromatic rings. The number of hydrogen-bond acceptors (Lipinski definition) is 3. The number of nitrogens with zero attached hydrogens (tertiary/aromatic N) is 2. The number of anilines is 1. The van der Waals surface area contributed by atoms with Crippen LogP contribution in [0.4, 0.5) is 18.9 Å². The molecule has 0 aliphatic rings. The molecule has 2 rings (SSSR count). The lowest BCUT2D eigenvalue weighted by Gasteiger charge is -2.10. The Balaban J connectivity index is 2.58. The van der Waals surface area contributed by atoms with Crippen LogP contribution in [0.2, 0.25) is 0 Å². The first-order chi connectivity index (χ1) is 8.79. The molecule has 5 nitrogen and oxygen atoms in total. The van der Waals surface area contributed by atoms with Gasteiger partial charge in [-0.25, -0.2) is 4.98 Å². The maximum atomic E-state index is 12.9. The highest BCUT2D eigenvalue weighted by atomic mass is 19.4. The maximum Gasteiger partial charge on any atom is 0.449 e. The molecule has 102 valence electrons. The van der Waals surface area contributed by atoms with E-state index in [-0.39, 0.29) is 24.0 Å². The van der Waals surface area contributed by atoms with Crippen LogP contribution in [0.1, 0.15) is 12.2 Å². The van der Waals surface area contributed by atoms with Gasteiger partial charge < -0.3 is 16.0 Å². The number of benzene rings is 1. The van der Waals surface area contributed by atoms with E-state index in [0.717, 1.165) is 4.57 Å². The quantitative estimate of drug-likeness (QED) is 0.830. The van der Waals surface area contributed by atoms with E-state index in [1.165, 1.54) is 18.2 Å². The average molecular weight is 272 g/mol. The van der Waals surface area contributed by atoms with Crippen LogP contribution in [-0.2, 0) is 17.5 Å². The van der Waals surface area contributed by atoms with Gasteiger partial charge in [0.05, 0.1) is 11.0 Å². The standard InChI is InChI=1S/C11H11F3N4O/c12-11(13,14)10-17-7-5-6(15)1-2-8(7)18(10)4-3-9(16)19/h1-2,5H,3-4,15H2,(H2,16,19). The number of aromatic nitrogens is 2. The third-order valence-corrected chi connectivity index (χ3v) is 2.61. The minimum atomic E-state index is -4.61. The second-order valence-corrected chi connectivity index (χ2v) is 4.05. The number of nitrogen functional groups attached to an aromatic ring is 1. The van der Waals surface area contributed by atoms with E-state index in [2.05, 4.69) is 4.98 Å². The van der Waals surface area contributed by atoms with E-state index in [9.17, 15) is 18.0 Å². The summed E-state index contributed by atoms with van der Waals surface area (Å²) in [6, 6.07) is 4.27. The Morgan fingerprint density at radius 1 is 1.37 bits per heavy atom. The summed E-state index contributed by atoms with van der Waals surface area (Å²) in [6.45, 7) is -0.176. The summed E-state index contributed by atoms with van der Waals surface area (Å²) >= 11 is 0. The molecule has 0 unspecified atom stereocenters. The number of imidazole rings is 1. The molecule has 1 heterocycles. The fourth-order valence-electron chi connectivity index (χ4n) is 1.81. The summed E-state index contributed by atoms with van der Waals surface area (Å²) in [7, 11) is 0. The van der Waals surface area contributed by atoms with Gasteiger partial charge in [-0.3, -0.25) is 4.79 Å². The van der Waals surface area contributed by atoms with Gasteiger partial charge in [-0.15, -0.1) is 0 Å². The Bertz CT molecular complexity index is 633. The lowest BCUT2D eigenvalue weighted by atomic mass is 10.3. The smallest absolute Gasteiger partial charge is 0.399 e. The fraction of sp³-hybridized carbons (Fsp3) is 0.273. The fourth-order valence-corrected chi connectivity index (χ4v) is 1.81. The van der Waals surface area contributed by atoms with Crippen molar-refractivity contribution in [3.63, 3.8) is 0 Å². The van der Waals surface area contributed by atoms with Crippen LogP contribution in [-0.4, -0.2) is 15.5 Å². The second kappa shape index (κ2) is 4.45. The molecule has 0 spiro atoms. The van der Waals surface area contributed by atoms with Crippen molar-refractivity contribution in [2.75, 3.05) is 5.73 Å². The van der Waals surface area contributed by atoms with Crippen LogP contribution in [0.3, 0.4) is 0 Å². The van der Waals surface area contributed by atoms with Crippen molar-refractivity contribution >= 4 is 22.6 Å². The van der Waals surface area contributed by atoms with Crippen LogP contribution in [0, 0.1) is 0 Å². The molecule has 4 N–H and O–H groups in total. The summed E-state index contributed by atoms with van der Waals surface area (Å²) in [5.74, 6) is -1.74. The molecule has 0 aliphatic carbocycles. The molecular weight excluding hydrogens is 261 g/mol. The zero-order valence-electron chi connectivity index (χ0n) is 9.74. The first kappa shape index (κ1) is 13.2. The number of carbonyl (C=O) groups excluding carboxylic acids is 1. The van der Waals surface area contributed by atoms with Crippen LogP contribution in [0.5, 0.6) is 0 Å². The van der Waals surface area contributed by atoms with Crippen molar-refractivity contribution in [3.05, 3.63) is 24.0 Å². The lowest BCUT2D eigenvalue weighted by Crippen LogP contribution is -2.19. The molecule has 8 heteroatoms. The van der Waals surface area contributed by atoms with Gasteiger partial charge in [0.1, 0.15) is 0 Å². The van der Waals surface area contributed by atoms with Crippen LogP contribution < -0.4 is 11.5 Å². The number of fused-ring (bicyclic) bond motifs is 1. The Hall–Kier alpha value is -2.25. The second-order valence-electron chi connectivity index (χ2n) is 4.05. The molecule has 19 heavy (non-hydrogen) atoms. The molecule has 0 bridgehead atoms. The van der Waals surface area contributed by atoms with Gasteiger partial charge in [0.2, 0.25) is 11.7 Å². The minimum absolute atomic E-state index is 0.136. The van der Waals surface area contributed by atoms with E-state index >= 15 is 0 Å². The molecule has 1 aromatic heterocycles. The van der Waals surface area contributed by atoms with Crippen molar-refractivity contribution < 1.29 is 18.0 Å². The molecule has 0 radical (unpaired) electrons. The average Bonchev–Trinajstić information content (AvgIpc) is 2.63. The van der Waals surface area contributed by atoms with Gasteiger partial charge in [-0.2, -0.15) is 13.2 Å². The number of rotatable bonds is 3. The zero-order chi connectivity index (χ0) is 14.2. The van der Waals surface area contributed by atoms with Crippen molar-refractivity contribution in [1.82, 2.24) is 9.55 Å². The van der Waals surface area contributed by atoms with E-state index < -0.39 is 17.9 Å². The molecule has 0 atom stereocenters. The highest BCUT2D eigenvalue weighted by Crippen LogP contribution is 2.32. The van der Waals surface area contributed by atoms with Gasteiger partial charge in [-0.05, 0) is 18.2 Å². The number of halogens is 3. The monoisotopic (exact) mass is 272 g/mol. The number of nitrogens with two attached hydrogens (primary N) is 2. The van der Waals surface area contributed by atoms with E-state index in [4.69, 9.17) is 11.5 Å².